The van der Waals surface area contributed by atoms with Gasteiger partial charge in [0.05, 0.1) is 0 Å². The average Bonchev–Trinajstić information content (AvgIpc) is 2.36. The fourth-order valence-corrected chi connectivity index (χ4v) is 1.27. The molecule has 0 fully saturated rings. The molecule has 2 amide bonds. The Kier molecular flexibility index (Phi) is 5.70. The second kappa shape index (κ2) is 7.32. The maximum atomic E-state index is 11.5. The molecule has 1 unspecified atom stereocenters. The summed E-state index contributed by atoms with van der Waals surface area (Å²) in [5.41, 5.74) is 0. The van der Waals surface area contributed by atoms with Crippen molar-refractivity contribution in [3.63, 3.8) is 0 Å². The van der Waals surface area contributed by atoms with Gasteiger partial charge in [-0.3, -0.25) is 4.79 Å². The van der Waals surface area contributed by atoms with Gasteiger partial charge in [-0.1, -0.05) is 25.1 Å². The number of benzene rings is 1. The third-order valence-corrected chi connectivity index (χ3v) is 2.23. The molecule has 5 nitrogen and oxygen atoms in total. The fraction of sp³-hybridized carbons (Fsp3) is 0.385. The van der Waals surface area contributed by atoms with E-state index in [0.717, 1.165) is 6.42 Å². The molecule has 0 aliphatic heterocycles. The molecule has 2 N–H and O–H groups in total. The Morgan fingerprint density at radius 1 is 1.28 bits per heavy atom. The second-order valence-corrected chi connectivity index (χ2v) is 3.86. The summed E-state index contributed by atoms with van der Waals surface area (Å²) in [6, 6.07) is 8.07. The van der Waals surface area contributed by atoms with Crippen LogP contribution in [0.4, 0.5) is 4.79 Å². The largest absolute Gasteiger partial charge is 0.413 e. The summed E-state index contributed by atoms with van der Waals surface area (Å²) in [6.45, 7) is 4.16. The number of rotatable bonds is 5. The highest BCUT2D eigenvalue weighted by Gasteiger charge is 2.15. The van der Waals surface area contributed by atoms with Crippen molar-refractivity contribution in [2.45, 2.75) is 26.3 Å². The number of carbonyl (C=O) groups is 2. The average molecular weight is 250 g/mol. The zero-order chi connectivity index (χ0) is 13.4. The van der Waals surface area contributed by atoms with Crippen LogP contribution >= 0.6 is 0 Å². The lowest BCUT2D eigenvalue weighted by Gasteiger charge is -2.13. The van der Waals surface area contributed by atoms with Gasteiger partial charge in [0.25, 0.3) is 0 Å². The molecule has 1 atom stereocenters. The molecular weight excluding hydrogens is 232 g/mol. The van der Waals surface area contributed by atoms with Crippen LogP contribution in [0.15, 0.2) is 30.3 Å². The van der Waals surface area contributed by atoms with Crippen LogP contribution in [-0.4, -0.2) is 24.6 Å². The first-order chi connectivity index (χ1) is 8.63. The van der Waals surface area contributed by atoms with E-state index in [9.17, 15) is 9.59 Å². The Labute approximate surface area is 107 Å². The van der Waals surface area contributed by atoms with E-state index in [1.165, 1.54) is 0 Å². The molecular formula is C13H18N2O3. The van der Waals surface area contributed by atoms with Gasteiger partial charge in [0.1, 0.15) is 11.8 Å². The van der Waals surface area contributed by atoms with Gasteiger partial charge >= 0.3 is 6.09 Å². The first-order valence-corrected chi connectivity index (χ1v) is 5.94. The van der Waals surface area contributed by atoms with Crippen molar-refractivity contribution >= 4 is 12.0 Å². The zero-order valence-corrected chi connectivity index (χ0v) is 10.6. The molecule has 98 valence electrons. The lowest BCUT2D eigenvalue weighted by atomic mass is 10.3. The molecule has 0 saturated carbocycles. The Balaban J connectivity index is 2.38. The van der Waals surface area contributed by atoms with Gasteiger partial charge in [-0.15, -0.1) is 0 Å². The van der Waals surface area contributed by atoms with E-state index in [-0.39, 0.29) is 5.91 Å². The van der Waals surface area contributed by atoms with E-state index in [1.54, 1.807) is 31.2 Å². The molecule has 0 spiro atoms. The van der Waals surface area contributed by atoms with Gasteiger partial charge in [0.2, 0.25) is 5.91 Å². The summed E-state index contributed by atoms with van der Waals surface area (Å²) < 4.78 is 5.01. The molecule has 0 heterocycles. The first kappa shape index (κ1) is 14.0. The van der Waals surface area contributed by atoms with Gasteiger partial charge in [-0.25, -0.2) is 4.79 Å². The second-order valence-electron chi connectivity index (χ2n) is 3.86. The van der Waals surface area contributed by atoms with Crippen molar-refractivity contribution in [1.82, 2.24) is 10.6 Å². The quantitative estimate of drug-likeness (QED) is 0.835. The molecule has 0 aliphatic rings. The number of hydrogen-bond donors (Lipinski definition) is 2. The van der Waals surface area contributed by atoms with Gasteiger partial charge in [-0.05, 0) is 25.5 Å². The molecule has 1 rings (SSSR count). The number of ether oxygens (including phenoxy) is 1. The Bertz CT molecular complexity index is 392. The van der Waals surface area contributed by atoms with Gasteiger partial charge in [0.15, 0.2) is 0 Å². The van der Waals surface area contributed by atoms with Crippen LogP contribution in [0.25, 0.3) is 0 Å². The minimum atomic E-state index is -0.639. The highest BCUT2D eigenvalue weighted by Crippen LogP contribution is 2.08. The SMILES string of the molecule is CCCNC(=O)C(C)NC(=O)Oc1ccccc1. The standard InChI is InChI=1S/C13H18N2O3/c1-3-9-14-12(16)10(2)15-13(17)18-11-7-5-4-6-8-11/h4-8,10H,3,9H2,1-2H3,(H,14,16)(H,15,17). The van der Waals surface area contributed by atoms with Crippen molar-refractivity contribution in [1.29, 1.82) is 0 Å². The van der Waals surface area contributed by atoms with Crippen molar-refractivity contribution in [2.24, 2.45) is 0 Å². The molecule has 0 bridgehead atoms. The Morgan fingerprint density at radius 2 is 1.94 bits per heavy atom. The lowest BCUT2D eigenvalue weighted by Crippen LogP contribution is -2.45. The van der Waals surface area contributed by atoms with E-state index in [1.807, 2.05) is 13.0 Å². The number of amides is 2. The van der Waals surface area contributed by atoms with Crippen LogP contribution in [0.5, 0.6) is 5.75 Å². The van der Waals surface area contributed by atoms with E-state index < -0.39 is 12.1 Å². The van der Waals surface area contributed by atoms with E-state index >= 15 is 0 Å². The smallest absolute Gasteiger partial charge is 0.410 e. The molecule has 18 heavy (non-hydrogen) atoms. The highest BCUT2D eigenvalue weighted by atomic mass is 16.6. The molecule has 0 radical (unpaired) electrons. The number of nitrogens with one attached hydrogen (secondary N) is 2. The molecule has 1 aromatic carbocycles. The predicted molar refractivity (Wildman–Crippen MR) is 68.4 cm³/mol. The summed E-state index contributed by atoms with van der Waals surface area (Å²) in [5, 5.41) is 5.16. The van der Waals surface area contributed by atoms with Crippen molar-refractivity contribution in [2.75, 3.05) is 6.54 Å². The summed E-state index contributed by atoms with van der Waals surface area (Å²) in [4.78, 5) is 23.0. The van der Waals surface area contributed by atoms with Gasteiger partial charge in [0, 0.05) is 6.54 Å². The fourth-order valence-electron chi connectivity index (χ4n) is 1.27. The third-order valence-electron chi connectivity index (χ3n) is 2.23. The topological polar surface area (TPSA) is 67.4 Å². The van der Waals surface area contributed by atoms with Gasteiger partial charge in [-0.2, -0.15) is 0 Å². The summed E-state index contributed by atoms with van der Waals surface area (Å²) in [7, 11) is 0. The summed E-state index contributed by atoms with van der Waals surface area (Å²) in [5.74, 6) is 0.220. The maximum absolute atomic E-state index is 11.5. The van der Waals surface area contributed by atoms with E-state index in [0.29, 0.717) is 12.3 Å². The molecule has 0 aromatic heterocycles. The van der Waals surface area contributed by atoms with E-state index in [4.69, 9.17) is 4.74 Å². The highest BCUT2D eigenvalue weighted by molar-refractivity contribution is 5.85. The van der Waals surface area contributed by atoms with Crippen LogP contribution in [0.2, 0.25) is 0 Å². The molecule has 1 aromatic rings. The lowest BCUT2D eigenvalue weighted by molar-refractivity contribution is -0.122. The van der Waals surface area contributed by atoms with E-state index in [2.05, 4.69) is 10.6 Å². The Hall–Kier alpha value is -2.04. The Morgan fingerprint density at radius 3 is 2.56 bits per heavy atom. The molecule has 0 saturated heterocycles. The minimum Gasteiger partial charge on any atom is -0.410 e. The maximum Gasteiger partial charge on any atom is 0.413 e. The predicted octanol–water partition coefficient (Wildman–Crippen LogP) is 1.69. The number of hydrogen-bond acceptors (Lipinski definition) is 3. The van der Waals surface area contributed by atoms with Crippen molar-refractivity contribution in [3.8, 4) is 5.75 Å². The summed E-state index contributed by atoms with van der Waals surface area (Å²) >= 11 is 0. The normalized spacial score (nSPS) is 11.4. The van der Waals surface area contributed by atoms with Crippen molar-refractivity contribution in [3.05, 3.63) is 30.3 Å². The third kappa shape index (κ3) is 4.86. The molecule has 5 heteroatoms. The number of para-hydroxylation sites is 1. The molecule has 0 aliphatic carbocycles. The van der Waals surface area contributed by atoms with Gasteiger partial charge < -0.3 is 15.4 Å². The summed E-state index contributed by atoms with van der Waals surface area (Å²) in [6.07, 6.45) is 0.216. The monoisotopic (exact) mass is 250 g/mol. The van der Waals surface area contributed by atoms with Crippen LogP contribution < -0.4 is 15.4 Å². The van der Waals surface area contributed by atoms with Crippen molar-refractivity contribution < 1.29 is 14.3 Å². The van der Waals surface area contributed by atoms with Crippen LogP contribution in [0, 0.1) is 0 Å². The van der Waals surface area contributed by atoms with Crippen LogP contribution in [0.3, 0.4) is 0 Å². The number of carbonyl (C=O) groups excluding carboxylic acids is 2. The van der Waals surface area contributed by atoms with Crippen LogP contribution in [0.1, 0.15) is 20.3 Å². The minimum absolute atomic E-state index is 0.220. The van der Waals surface area contributed by atoms with Crippen LogP contribution in [-0.2, 0) is 4.79 Å². The first-order valence-electron chi connectivity index (χ1n) is 5.94. The zero-order valence-electron chi connectivity index (χ0n) is 10.6.